The van der Waals surface area contributed by atoms with Crippen molar-refractivity contribution in [1.82, 2.24) is 19.0 Å². The SMILES string of the molecule is C=C.CC.CNC(=O)Nc1cccc(-n2c(=O)n(C3CC3)c(=O)c3c(Nc4ccc(C)cc4F)n(C)c(=O)c(C)c32)c1. The van der Waals surface area contributed by atoms with E-state index >= 15 is 0 Å². The van der Waals surface area contributed by atoms with E-state index in [-0.39, 0.29) is 34.0 Å². The lowest BCUT2D eigenvalue weighted by molar-refractivity contribution is 0.254. The Balaban J connectivity index is 0.00000116. The zero-order valence-corrected chi connectivity index (χ0v) is 24.8. The minimum Gasteiger partial charge on any atom is -0.341 e. The van der Waals surface area contributed by atoms with Crippen molar-refractivity contribution in [2.24, 2.45) is 7.05 Å². The average molecular weight is 577 g/mol. The molecule has 5 rings (SSSR count). The number of urea groups is 1. The maximum absolute atomic E-state index is 14.8. The smallest absolute Gasteiger partial charge is 0.336 e. The second-order valence-electron chi connectivity index (χ2n) is 9.45. The van der Waals surface area contributed by atoms with Gasteiger partial charge in [0.05, 0.1) is 16.9 Å². The standard InChI is InChI=1S/C27H27FN6O4.C2H6.C2H4/c1-14-8-11-20(19(28)12-14)31-23-21-22(15(2)24(35)32(23)4)33(27(38)34(25(21)36)17-9-10-17)18-7-5-6-16(13-18)30-26(37)29-3;2*1-2/h5-8,11-13,17,31H,9-10H2,1-4H3,(H2,29,30,37);1-2H3;1-2H2. The van der Waals surface area contributed by atoms with Crippen molar-refractivity contribution >= 4 is 34.1 Å². The van der Waals surface area contributed by atoms with E-state index in [1.165, 1.54) is 39.9 Å². The first-order valence-electron chi connectivity index (χ1n) is 13.7. The molecule has 0 aliphatic heterocycles. The van der Waals surface area contributed by atoms with Gasteiger partial charge in [-0.1, -0.05) is 26.0 Å². The first-order chi connectivity index (χ1) is 20.1. The highest BCUT2D eigenvalue weighted by Crippen LogP contribution is 2.34. The Morgan fingerprint density at radius 1 is 1.00 bits per heavy atom. The molecule has 0 unspecified atom stereocenters. The maximum Gasteiger partial charge on any atom is 0.336 e. The van der Waals surface area contributed by atoms with Crippen LogP contribution >= 0.6 is 0 Å². The lowest BCUT2D eigenvalue weighted by Gasteiger charge is -2.21. The number of fused-ring (bicyclic) bond motifs is 1. The highest BCUT2D eigenvalue weighted by atomic mass is 19.1. The quantitative estimate of drug-likeness (QED) is 0.280. The fraction of sp³-hybridized carbons (Fsp3) is 0.290. The van der Waals surface area contributed by atoms with Crippen molar-refractivity contribution in [1.29, 1.82) is 0 Å². The van der Waals surface area contributed by atoms with Gasteiger partial charge in [-0.05, 0) is 62.6 Å². The predicted octanol–water partition coefficient (Wildman–Crippen LogP) is 5.27. The topological polar surface area (TPSA) is 119 Å². The van der Waals surface area contributed by atoms with Crippen molar-refractivity contribution in [2.75, 3.05) is 17.7 Å². The number of nitrogens with zero attached hydrogens (tertiary/aromatic N) is 3. The molecule has 1 saturated carbocycles. The molecule has 3 N–H and O–H groups in total. The van der Waals surface area contributed by atoms with Crippen LogP contribution < -0.4 is 32.8 Å². The summed E-state index contributed by atoms with van der Waals surface area (Å²) in [5.74, 6) is -0.471. The zero-order valence-electron chi connectivity index (χ0n) is 24.8. The monoisotopic (exact) mass is 576 g/mol. The number of hydrogen-bond acceptors (Lipinski definition) is 5. The number of hydrogen-bond donors (Lipinski definition) is 3. The van der Waals surface area contributed by atoms with Gasteiger partial charge in [0, 0.05) is 31.4 Å². The van der Waals surface area contributed by atoms with Crippen LogP contribution in [0.3, 0.4) is 0 Å². The van der Waals surface area contributed by atoms with E-state index in [1.807, 2.05) is 13.8 Å². The number of aryl methyl sites for hydroxylation is 2. The third kappa shape index (κ3) is 5.90. The Bertz CT molecular complexity index is 1820. The number of nitrogens with one attached hydrogen (secondary N) is 3. The Hall–Kier alpha value is -4.93. The summed E-state index contributed by atoms with van der Waals surface area (Å²) in [5, 5.41) is 8.16. The van der Waals surface area contributed by atoms with Gasteiger partial charge in [-0.3, -0.25) is 23.3 Å². The van der Waals surface area contributed by atoms with E-state index < -0.39 is 28.7 Å². The molecule has 1 aliphatic carbocycles. The number of pyridine rings is 1. The molecule has 0 spiro atoms. The number of carbonyl (C=O) groups is 1. The van der Waals surface area contributed by atoms with Crippen molar-refractivity contribution in [3.8, 4) is 5.69 Å². The lowest BCUT2D eigenvalue weighted by atomic mass is 10.1. The fourth-order valence-electron chi connectivity index (χ4n) is 4.62. The summed E-state index contributed by atoms with van der Waals surface area (Å²) in [6.07, 6.45) is 1.33. The number of carbonyl (C=O) groups excluding carboxylic acids is 1. The van der Waals surface area contributed by atoms with Gasteiger partial charge < -0.3 is 16.0 Å². The maximum atomic E-state index is 14.8. The molecule has 2 heterocycles. The fourth-order valence-corrected chi connectivity index (χ4v) is 4.62. The second-order valence-corrected chi connectivity index (χ2v) is 9.45. The van der Waals surface area contributed by atoms with Gasteiger partial charge in [0.2, 0.25) is 0 Å². The summed E-state index contributed by atoms with van der Waals surface area (Å²) in [5.41, 5.74) is 0.256. The number of anilines is 3. The van der Waals surface area contributed by atoms with Crippen LogP contribution in [0.2, 0.25) is 0 Å². The van der Waals surface area contributed by atoms with Crippen LogP contribution in [0.5, 0.6) is 0 Å². The number of benzene rings is 2. The van der Waals surface area contributed by atoms with Gasteiger partial charge in [0.25, 0.3) is 11.1 Å². The number of rotatable bonds is 5. The van der Waals surface area contributed by atoms with Crippen LogP contribution in [0.15, 0.2) is 70.0 Å². The number of halogens is 1. The van der Waals surface area contributed by atoms with Gasteiger partial charge in [0.1, 0.15) is 17.0 Å². The molecule has 11 heteroatoms. The zero-order chi connectivity index (χ0) is 31.3. The van der Waals surface area contributed by atoms with Gasteiger partial charge in [-0.2, -0.15) is 0 Å². The molecule has 0 radical (unpaired) electrons. The van der Waals surface area contributed by atoms with Gasteiger partial charge in [-0.15, -0.1) is 13.2 Å². The Labute approximate surface area is 243 Å². The minimum absolute atomic E-state index is 0.0751. The molecular weight excluding hydrogens is 539 g/mol. The predicted molar refractivity (Wildman–Crippen MR) is 167 cm³/mol. The molecule has 1 aliphatic rings. The molecule has 0 atom stereocenters. The highest BCUT2D eigenvalue weighted by molar-refractivity contribution is 5.94. The summed E-state index contributed by atoms with van der Waals surface area (Å²) < 4.78 is 18.6. The lowest BCUT2D eigenvalue weighted by Crippen LogP contribution is -2.41. The Morgan fingerprint density at radius 3 is 2.26 bits per heavy atom. The number of aromatic nitrogens is 3. The highest BCUT2D eigenvalue weighted by Gasteiger charge is 2.31. The van der Waals surface area contributed by atoms with E-state index in [4.69, 9.17) is 0 Å². The van der Waals surface area contributed by atoms with Crippen LogP contribution in [-0.2, 0) is 7.05 Å². The van der Waals surface area contributed by atoms with Crippen LogP contribution in [0.25, 0.3) is 16.6 Å². The summed E-state index contributed by atoms with van der Waals surface area (Å²) >= 11 is 0. The molecular formula is C31H37FN6O4. The molecule has 1 fully saturated rings. The minimum atomic E-state index is -0.592. The van der Waals surface area contributed by atoms with Crippen LogP contribution in [0.4, 0.5) is 26.4 Å². The summed E-state index contributed by atoms with van der Waals surface area (Å²) in [6, 6.07) is 10.4. The van der Waals surface area contributed by atoms with Gasteiger partial charge in [-0.25, -0.2) is 14.0 Å². The van der Waals surface area contributed by atoms with Crippen LogP contribution in [-0.4, -0.2) is 26.8 Å². The average Bonchev–Trinajstić information content (AvgIpc) is 3.82. The largest absolute Gasteiger partial charge is 0.341 e. The first-order valence-corrected chi connectivity index (χ1v) is 13.7. The van der Waals surface area contributed by atoms with Gasteiger partial charge in [0.15, 0.2) is 0 Å². The van der Waals surface area contributed by atoms with Crippen molar-refractivity contribution in [3.63, 3.8) is 0 Å². The van der Waals surface area contributed by atoms with Crippen LogP contribution in [0, 0.1) is 19.7 Å². The third-order valence-electron chi connectivity index (χ3n) is 6.72. The number of amides is 2. The summed E-state index contributed by atoms with van der Waals surface area (Å²) in [4.78, 5) is 52.9. The van der Waals surface area contributed by atoms with E-state index in [2.05, 4.69) is 29.1 Å². The molecule has 222 valence electrons. The normalized spacial score (nSPS) is 12.0. The summed E-state index contributed by atoms with van der Waals surface area (Å²) in [7, 11) is 2.97. The molecule has 0 bridgehead atoms. The van der Waals surface area contributed by atoms with E-state index in [1.54, 1.807) is 44.2 Å². The van der Waals surface area contributed by atoms with Crippen molar-refractivity contribution in [3.05, 3.63) is 104 Å². The second kappa shape index (κ2) is 13.2. The van der Waals surface area contributed by atoms with Crippen molar-refractivity contribution < 1.29 is 9.18 Å². The molecule has 2 aromatic carbocycles. The molecule has 4 aromatic rings. The molecule has 2 aromatic heterocycles. The molecule has 42 heavy (non-hydrogen) atoms. The van der Waals surface area contributed by atoms with E-state index in [0.717, 1.165) is 0 Å². The van der Waals surface area contributed by atoms with Crippen LogP contribution in [0.1, 0.15) is 43.9 Å². The molecule has 2 amide bonds. The molecule has 10 nitrogen and oxygen atoms in total. The first kappa shape index (κ1) is 31.6. The van der Waals surface area contributed by atoms with E-state index in [9.17, 15) is 23.6 Å². The van der Waals surface area contributed by atoms with Gasteiger partial charge >= 0.3 is 11.7 Å². The third-order valence-corrected chi connectivity index (χ3v) is 6.72. The Kier molecular flexibility index (Phi) is 9.90. The van der Waals surface area contributed by atoms with Crippen molar-refractivity contribution in [2.45, 2.75) is 46.6 Å². The summed E-state index contributed by atoms with van der Waals surface area (Å²) in [6.45, 7) is 13.3. The van der Waals surface area contributed by atoms with E-state index in [0.29, 0.717) is 29.8 Å². The Morgan fingerprint density at radius 2 is 1.67 bits per heavy atom. The molecule has 0 saturated heterocycles.